The first kappa shape index (κ1) is 83.9. The van der Waals surface area contributed by atoms with Gasteiger partial charge in [-0.2, -0.15) is 0 Å². The van der Waals surface area contributed by atoms with Crippen LogP contribution in [-0.2, 0) is 130 Å². The second-order valence-electron chi connectivity index (χ2n) is 28.8. The van der Waals surface area contributed by atoms with Crippen LogP contribution < -0.4 is 0 Å². The number of hydrogen-bond acceptors (Lipinski definition) is 24. The van der Waals surface area contributed by atoms with E-state index in [2.05, 4.69) is 6.58 Å². The lowest BCUT2D eigenvalue weighted by molar-refractivity contribution is -0.236. The highest BCUT2D eigenvalue weighted by Gasteiger charge is 2.58. The van der Waals surface area contributed by atoms with Crippen molar-refractivity contribution in [2.45, 2.75) is 175 Å². The summed E-state index contributed by atoms with van der Waals surface area (Å²) in [5.74, 6) is -2.17. The summed E-state index contributed by atoms with van der Waals surface area (Å²) in [4.78, 5) is 43.9. The zero-order valence-electron chi connectivity index (χ0n) is 64.6. The molecular formula is C93H98O24. The zero-order chi connectivity index (χ0) is 80.3. The summed E-state index contributed by atoms with van der Waals surface area (Å²) in [5, 5.41) is 22.3. The lowest BCUT2D eigenvalue weighted by atomic mass is 10.1. The van der Waals surface area contributed by atoms with Gasteiger partial charge in [0.15, 0.2) is 49.8 Å². The Morgan fingerprint density at radius 1 is 0.282 bits per heavy atom. The molecule has 0 aliphatic carbocycles. The molecule has 0 aromatic heterocycles. The van der Waals surface area contributed by atoms with Crippen molar-refractivity contribution in [1.29, 1.82) is 0 Å². The van der Waals surface area contributed by atoms with Crippen LogP contribution in [0, 0.1) is 0 Å². The van der Waals surface area contributed by atoms with Gasteiger partial charge in [0, 0.05) is 0 Å². The molecule has 0 saturated carbocycles. The number of unbranched alkanes of at least 4 members (excludes halogenated alkanes) is 1. The molecule has 0 radical (unpaired) electrons. The highest BCUT2D eigenvalue weighted by atomic mass is 16.8. The van der Waals surface area contributed by atoms with Crippen LogP contribution in [0.25, 0.3) is 0 Å². The molecule has 5 aliphatic heterocycles. The van der Waals surface area contributed by atoms with Crippen molar-refractivity contribution in [3.63, 3.8) is 0 Å². The van der Waals surface area contributed by atoms with E-state index in [9.17, 15) is 19.8 Å². The summed E-state index contributed by atoms with van der Waals surface area (Å²) >= 11 is 0. The van der Waals surface area contributed by atoms with Crippen molar-refractivity contribution in [2.24, 2.45) is 0 Å². The molecular weight excluding hydrogens is 1500 g/mol. The third-order valence-electron chi connectivity index (χ3n) is 20.6. The molecule has 20 atom stereocenters. The molecule has 117 heavy (non-hydrogen) atoms. The third-order valence-corrected chi connectivity index (χ3v) is 20.6. The summed E-state index contributed by atoms with van der Waals surface area (Å²) in [7, 11) is 0. The first-order valence-corrected chi connectivity index (χ1v) is 39.6. The highest BCUT2D eigenvalue weighted by molar-refractivity contribution is 5.90. The number of aliphatic hydroxyl groups is 2. The summed E-state index contributed by atoms with van der Waals surface area (Å²) < 4.78 is 129. The maximum absolute atomic E-state index is 15.0. The van der Waals surface area contributed by atoms with E-state index >= 15 is 4.79 Å². The van der Waals surface area contributed by atoms with Gasteiger partial charge < -0.3 is 100 Å². The minimum Gasteiger partial charge on any atom is -0.450 e. The molecule has 5 fully saturated rings. The lowest BCUT2D eigenvalue weighted by Gasteiger charge is -2.30. The second-order valence-corrected chi connectivity index (χ2v) is 28.8. The molecule has 9 aromatic rings. The number of aliphatic hydroxyl groups excluding tert-OH is 2. The number of esters is 3. The Kier molecular flexibility index (Phi) is 31.0. The van der Waals surface area contributed by atoms with Crippen molar-refractivity contribution in [2.75, 3.05) is 39.6 Å². The Labute approximate surface area is 680 Å². The number of allylic oxidation sites excluding steroid dienone is 1. The van der Waals surface area contributed by atoms with E-state index in [4.69, 9.17) is 90.0 Å². The van der Waals surface area contributed by atoms with Crippen LogP contribution in [0.5, 0.6) is 0 Å². The zero-order valence-corrected chi connectivity index (χ0v) is 64.6. The van der Waals surface area contributed by atoms with Gasteiger partial charge in [-0.3, -0.25) is 0 Å². The molecule has 0 spiro atoms. The fraction of sp³-hybridized carbons (Fsp3) is 0.366. The van der Waals surface area contributed by atoms with Crippen LogP contribution in [0.15, 0.2) is 286 Å². The molecule has 5 saturated heterocycles. The normalized spacial score (nSPS) is 27.4. The SMILES string of the molecule is C=CCCCOC1OC(COC2OC(COC3OC(COC4OC(CO)C(OCc5ccccc5)C4OCc4ccccc4)C(OC4OC(CO)C(OCc5ccccc5)C4OCc4ccccc4)C3OC(=O)c3ccccc3)C(OCc3ccccc3)C2OC(=O)c2ccccc2)C(OCc2ccccc2)C1OC(=O)c1ccccc1. The maximum Gasteiger partial charge on any atom is 0.338 e. The Morgan fingerprint density at radius 2 is 0.521 bits per heavy atom. The largest absolute Gasteiger partial charge is 0.450 e. The van der Waals surface area contributed by atoms with Gasteiger partial charge in [-0.1, -0.05) is 243 Å². The predicted molar refractivity (Wildman–Crippen MR) is 423 cm³/mol. The van der Waals surface area contributed by atoms with Gasteiger partial charge in [0.05, 0.1) is 96.0 Å². The molecule has 614 valence electrons. The van der Waals surface area contributed by atoms with Gasteiger partial charge in [-0.25, -0.2) is 14.4 Å². The topological polar surface area (TPSA) is 267 Å². The van der Waals surface area contributed by atoms with E-state index in [1.165, 1.54) is 0 Å². The van der Waals surface area contributed by atoms with Gasteiger partial charge in [0.25, 0.3) is 0 Å². The van der Waals surface area contributed by atoms with Crippen LogP contribution in [0.4, 0.5) is 0 Å². The van der Waals surface area contributed by atoms with E-state index in [1.807, 2.05) is 182 Å². The fourth-order valence-electron chi connectivity index (χ4n) is 14.5. The molecule has 0 amide bonds. The Bertz CT molecular complexity index is 4420. The van der Waals surface area contributed by atoms with Crippen molar-refractivity contribution in [3.8, 4) is 0 Å². The van der Waals surface area contributed by atoms with Crippen LogP contribution >= 0.6 is 0 Å². The molecule has 14 rings (SSSR count). The average molecular weight is 1600 g/mol. The number of hydrogen-bond donors (Lipinski definition) is 2. The molecule has 20 unspecified atom stereocenters. The van der Waals surface area contributed by atoms with Crippen LogP contribution in [-0.4, -0.2) is 191 Å². The molecule has 0 bridgehead atoms. The van der Waals surface area contributed by atoms with Gasteiger partial charge in [0.2, 0.25) is 0 Å². The van der Waals surface area contributed by atoms with E-state index < -0.39 is 167 Å². The minimum absolute atomic E-state index is 0.0289. The summed E-state index contributed by atoms with van der Waals surface area (Å²) in [6.45, 7) is 2.37. The van der Waals surface area contributed by atoms with E-state index in [1.54, 1.807) is 97.1 Å². The van der Waals surface area contributed by atoms with E-state index in [0.29, 0.717) is 18.4 Å². The van der Waals surface area contributed by atoms with Crippen molar-refractivity contribution in [1.82, 2.24) is 0 Å². The number of carbonyl (C=O) groups excluding carboxylic acids is 3. The molecule has 9 aromatic carbocycles. The Hall–Kier alpha value is -9.59. The standard InChI is InChI=1S/C93H98O24/c1-2-3-31-50-99-90-83(114-86(96)68-44-25-10-26-45-68)78(102-55-64-36-17-6-18-37-64)73(111-90)59-107-91-84(115-87(97)69-46-27-11-28-47-69)79(103-56-65-38-19-7-20-39-65)74(112-91)60-108-92-85(116-88(98)70-48-29-12-30-49-70)80(117-93-82(105-58-67-42-23-9-24-43-67)77(72(52-95)110-93)101-54-63-34-15-5-16-35-63)75(113-92)61-106-89-81(104-57-66-40-21-8-22-41-66)76(71(51-94)109-89)100-53-62-32-13-4-14-33-62/h2,4-30,32-49,71-85,89-95H,1,3,31,50-61H2. The molecule has 2 N–H and O–H groups in total. The van der Waals surface area contributed by atoms with E-state index in [0.717, 1.165) is 33.4 Å². The number of ether oxygens (including phenoxy) is 19. The number of carbonyl (C=O) groups is 3. The first-order chi connectivity index (χ1) is 57.6. The van der Waals surface area contributed by atoms with Gasteiger partial charge in [-0.05, 0) is 82.6 Å². The molecule has 5 heterocycles. The summed E-state index contributed by atoms with van der Waals surface area (Å²) in [5.41, 5.74) is 5.62. The smallest absolute Gasteiger partial charge is 0.338 e. The second kappa shape index (κ2) is 43.2. The van der Waals surface area contributed by atoms with E-state index in [-0.39, 0.29) is 64.0 Å². The molecule has 5 aliphatic rings. The third kappa shape index (κ3) is 22.8. The Morgan fingerprint density at radius 3 is 0.829 bits per heavy atom. The predicted octanol–water partition coefficient (Wildman–Crippen LogP) is 12.2. The molecule has 24 heteroatoms. The first-order valence-electron chi connectivity index (χ1n) is 39.6. The quantitative estimate of drug-likeness (QED) is 0.0156. The van der Waals surface area contributed by atoms with Crippen molar-refractivity contribution >= 4 is 17.9 Å². The van der Waals surface area contributed by atoms with Crippen LogP contribution in [0.1, 0.15) is 77.3 Å². The van der Waals surface area contributed by atoms with Gasteiger partial charge >= 0.3 is 17.9 Å². The Balaban J connectivity index is 0.811. The van der Waals surface area contributed by atoms with Gasteiger partial charge in [0.1, 0.15) is 73.2 Å². The maximum atomic E-state index is 15.0. The van der Waals surface area contributed by atoms with Crippen LogP contribution in [0.2, 0.25) is 0 Å². The number of benzene rings is 9. The fourth-order valence-corrected chi connectivity index (χ4v) is 14.5. The average Bonchev–Trinajstić information content (AvgIpc) is 1.65. The lowest BCUT2D eigenvalue weighted by Crippen LogP contribution is -2.47. The number of rotatable bonds is 42. The summed E-state index contributed by atoms with van der Waals surface area (Å²) in [6, 6.07) is 82.3. The van der Waals surface area contributed by atoms with Crippen molar-refractivity contribution < 1.29 is 115 Å². The molecule has 24 nitrogen and oxygen atoms in total. The highest BCUT2D eigenvalue weighted by Crippen LogP contribution is 2.40. The monoisotopic (exact) mass is 1600 g/mol. The van der Waals surface area contributed by atoms with Crippen LogP contribution in [0.3, 0.4) is 0 Å². The van der Waals surface area contributed by atoms with Gasteiger partial charge in [-0.15, -0.1) is 6.58 Å². The van der Waals surface area contributed by atoms with Crippen molar-refractivity contribution in [3.05, 3.63) is 336 Å². The summed E-state index contributed by atoms with van der Waals surface area (Å²) in [6.07, 6.45) is -20.9. The minimum atomic E-state index is -1.58.